The van der Waals surface area contributed by atoms with E-state index in [0.29, 0.717) is 25.4 Å². The lowest BCUT2D eigenvalue weighted by Crippen LogP contribution is -2.38. The van der Waals surface area contributed by atoms with Crippen LogP contribution in [0.3, 0.4) is 0 Å². The van der Waals surface area contributed by atoms with Crippen molar-refractivity contribution in [2.45, 2.75) is 19.8 Å². The second kappa shape index (κ2) is 9.74. The number of urea groups is 1. The lowest BCUT2D eigenvalue weighted by molar-refractivity contribution is -0.142. The fourth-order valence-corrected chi connectivity index (χ4v) is 4.45. The van der Waals surface area contributed by atoms with Gasteiger partial charge in [0.25, 0.3) is 0 Å². The van der Waals surface area contributed by atoms with Gasteiger partial charge >= 0.3 is 12.0 Å². The average molecular weight is 440 g/mol. The van der Waals surface area contributed by atoms with Crippen molar-refractivity contribution in [2.24, 2.45) is 0 Å². The number of hydrogen-bond donors (Lipinski definition) is 1. The van der Waals surface area contributed by atoms with Gasteiger partial charge in [0.05, 0.1) is 13.0 Å². The van der Waals surface area contributed by atoms with Crippen LogP contribution >= 0.6 is 11.3 Å². The Labute approximate surface area is 184 Å². The number of rotatable bonds is 5. The van der Waals surface area contributed by atoms with Crippen LogP contribution in [-0.4, -0.2) is 59.7 Å². The molecule has 0 atom stereocenters. The average Bonchev–Trinajstić information content (AvgIpc) is 3.04. The van der Waals surface area contributed by atoms with Crippen molar-refractivity contribution in [3.8, 4) is 0 Å². The Bertz CT molecular complexity index is 1020. The van der Waals surface area contributed by atoms with E-state index in [1.165, 1.54) is 0 Å². The second-order valence-corrected chi connectivity index (χ2v) is 8.22. The predicted octanol–water partition coefficient (Wildman–Crippen LogP) is 3.54. The Hall–Kier alpha value is -3.20. The van der Waals surface area contributed by atoms with Crippen molar-refractivity contribution >= 4 is 44.5 Å². The number of ether oxygens (including phenoxy) is 1. The van der Waals surface area contributed by atoms with Gasteiger partial charge in [-0.05, 0) is 43.2 Å². The second-order valence-electron chi connectivity index (χ2n) is 7.26. The number of esters is 1. The SMILES string of the molecule is CCOC(=O)Cc1ccc(NC(=O)N2CCCN(c3nc4cccnc4s3)CC2)cc1. The molecule has 8 nitrogen and oxygen atoms in total. The molecule has 2 amide bonds. The quantitative estimate of drug-likeness (QED) is 0.612. The lowest BCUT2D eigenvalue weighted by Gasteiger charge is -2.22. The Kier molecular flexibility index (Phi) is 6.61. The molecule has 31 heavy (non-hydrogen) atoms. The summed E-state index contributed by atoms with van der Waals surface area (Å²) in [5.74, 6) is -0.252. The Balaban J connectivity index is 1.32. The maximum Gasteiger partial charge on any atom is 0.321 e. The third-order valence-electron chi connectivity index (χ3n) is 5.07. The molecule has 3 aromatic rings. The number of carbonyl (C=O) groups is 2. The number of aromatic nitrogens is 2. The van der Waals surface area contributed by atoms with E-state index in [9.17, 15) is 9.59 Å². The molecule has 1 aromatic carbocycles. The molecule has 0 aliphatic carbocycles. The highest BCUT2D eigenvalue weighted by Gasteiger charge is 2.21. The molecule has 1 aliphatic rings. The summed E-state index contributed by atoms with van der Waals surface area (Å²) in [6.07, 6.45) is 2.88. The lowest BCUT2D eigenvalue weighted by atomic mass is 10.1. The summed E-state index contributed by atoms with van der Waals surface area (Å²) in [5.41, 5.74) is 2.47. The molecule has 0 unspecified atom stereocenters. The van der Waals surface area contributed by atoms with E-state index >= 15 is 0 Å². The molecule has 2 aromatic heterocycles. The molecule has 1 aliphatic heterocycles. The first-order valence-corrected chi connectivity index (χ1v) is 11.2. The first-order valence-electron chi connectivity index (χ1n) is 10.4. The van der Waals surface area contributed by atoms with Crippen LogP contribution in [0.4, 0.5) is 15.6 Å². The van der Waals surface area contributed by atoms with Crippen molar-refractivity contribution in [3.63, 3.8) is 0 Å². The zero-order chi connectivity index (χ0) is 21.6. The number of nitrogens with zero attached hydrogens (tertiary/aromatic N) is 4. The molecule has 0 saturated carbocycles. The summed E-state index contributed by atoms with van der Waals surface area (Å²) in [4.78, 5) is 38.4. The summed E-state index contributed by atoms with van der Waals surface area (Å²) >= 11 is 1.59. The molecule has 1 fully saturated rings. The van der Waals surface area contributed by atoms with E-state index in [0.717, 1.165) is 40.6 Å². The topological polar surface area (TPSA) is 87.7 Å². The smallest absolute Gasteiger partial charge is 0.321 e. The fourth-order valence-electron chi connectivity index (χ4n) is 3.49. The van der Waals surface area contributed by atoms with Crippen LogP contribution in [0.1, 0.15) is 18.9 Å². The molecule has 0 spiro atoms. The normalized spacial score (nSPS) is 14.4. The van der Waals surface area contributed by atoms with Crippen LogP contribution in [0.5, 0.6) is 0 Å². The Morgan fingerprint density at radius 3 is 2.74 bits per heavy atom. The molecular weight excluding hydrogens is 414 g/mol. The molecule has 4 rings (SSSR count). The van der Waals surface area contributed by atoms with E-state index in [-0.39, 0.29) is 18.4 Å². The van der Waals surface area contributed by atoms with Crippen molar-refractivity contribution < 1.29 is 14.3 Å². The number of fused-ring (bicyclic) bond motifs is 1. The number of benzene rings is 1. The molecule has 162 valence electrons. The third kappa shape index (κ3) is 5.29. The first kappa shape index (κ1) is 21.0. The van der Waals surface area contributed by atoms with Gasteiger partial charge in [-0.25, -0.2) is 14.8 Å². The van der Waals surface area contributed by atoms with Gasteiger partial charge in [-0.2, -0.15) is 0 Å². The van der Waals surface area contributed by atoms with E-state index in [1.807, 2.05) is 41.3 Å². The summed E-state index contributed by atoms with van der Waals surface area (Å²) in [7, 11) is 0. The molecule has 1 N–H and O–H groups in total. The summed E-state index contributed by atoms with van der Waals surface area (Å²) < 4.78 is 4.96. The predicted molar refractivity (Wildman–Crippen MR) is 122 cm³/mol. The highest BCUT2D eigenvalue weighted by Crippen LogP contribution is 2.27. The summed E-state index contributed by atoms with van der Waals surface area (Å²) in [5, 5.41) is 3.90. The standard InChI is InChI=1S/C22H25N5O3S/c1-2-30-19(28)15-16-6-8-17(9-7-16)24-21(29)26-11-4-12-27(14-13-26)22-25-18-5-3-10-23-20(18)31-22/h3,5-10H,2,4,11-15H2,1H3,(H,24,29). The molecule has 3 heterocycles. The van der Waals surface area contributed by atoms with Crippen LogP contribution < -0.4 is 10.2 Å². The highest BCUT2D eigenvalue weighted by molar-refractivity contribution is 7.21. The minimum Gasteiger partial charge on any atom is -0.466 e. The largest absolute Gasteiger partial charge is 0.466 e. The fraction of sp³-hybridized carbons (Fsp3) is 0.364. The highest BCUT2D eigenvalue weighted by atomic mass is 32.1. The number of hydrogen-bond acceptors (Lipinski definition) is 7. The third-order valence-corrected chi connectivity index (χ3v) is 6.11. The van der Waals surface area contributed by atoms with Crippen LogP contribution in [-0.2, 0) is 16.0 Å². The van der Waals surface area contributed by atoms with Crippen molar-refractivity contribution in [2.75, 3.05) is 43.0 Å². The zero-order valence-electron chi connectivity index (χ0n) is 17.4. The number of amides is 2. The van der Waals surface area contributed by atoms with Gasteiger partial charge in [-0.1, -0.05) is 23.5 Å². The van der Waals surface area contributed by atoms with E-state index in [1.54, 1.807) is 24.5 Å². The number of carbonyl (C=O) groups excluding carboxylic acids is 2. The van der Waals surface area contributed by atoms with E-state index < -0.39 is 0 Å². The van der Waals surface area contributed by atoms with E-state index in [4.69, 9.17) is 4.74 Å². The van der Waals surface area contributed by atoms with Gasteiger partial charge in [-0.15, -0.1) is 0 Å². The van der Waals surface area contributed by atoms with Gasteiger partial charge < -0.3 is 19.9 Å². The number of pyridine rings is 1. The number of thiazole rings is 1. The first-order chi connectivity index (χ1) is 15.1. The van der Waals surface area contributed by atoms with Crippen LogP contribution in [0.15, 0.2) is 42.6 Å². The monoisotopic (exact) mass is 439 g/mol. The molecule has 9 heteroatoms. The Morgan fingerprint density at radius 1 is 1.13 bits per heavy atom. The molecule has 0 bridgehead atoms. The van der Waals surface area contributed by atoms with Gasteiger partial charge in [0.15, 0.2) is 5.13 Å². The van der Waals surface area contributed by atoms with Gasteiger partial charge in [0, 0.05) is 38.1 Å². The minimum atomic E-state index is -0.252. The van der Waals surface area contributed by atoms with Gasteiger partial charge in [0.1, 0.15) is 10.3 Å². The van der Waals surface area contributed by atoms with Crippen LogP contribution in [0.2, 0.25) is 0 Å². The summed E-state index contributed by atoms with van der Waals surface area (Å²) in [6, 6.07) is 11.0. The zero-order valence-corrected chi connectivity index (χ0v) is 18.2. The number of nitrogens with one attached hydrogen (secondary N) is 1. The maximum atomic E-state index is 12.8. The van der Waals surface area contributed by atoms with Crippen LogP contribution in [0.25, 0.3) is 10.3 Å². The van der Waals surface area contributed by atoms with Crippen molar-refractivity contribution in [1.82, 2.24) is 14.9 Å². The Morgan fingerprint density at radius 2 is 1.97 bits per heavy atom. The van der Waals surface area contributed by atoms with Crippen molar-refractivity contribution in [1.29, 1.82) is 0 Å². The minimum absolute atomic E-state index is 0.119. The molecular formula is C22H25N5O3S. The molecule has 0 radical (unpaired) electrons. The maximum absolute atomic E-state index is 12.8. The van der Waals surface area contributed by atoms with E-state index in [2.05, 4.69) is 20.2 Å². The van der Waals surface area contributed by atoms with Gasteiger partial charge in [0.2, 0.25) is 0 Å². The van der Waals surface area contributed by atoms with Crippen LogP contribution in [0, 0.1) is 0 Å². The summed E-state index contributed by atoms with van der Waals surface area (Å²) in [6.45, 7) is 5.05. The number of anilines is 2. The van der Waals surface area contributed by atoms with Crippen molar-refractivity contribution in [3.05, 3.63) is 48.2 Å². The van der Waals surface area contributed by atoms with Gasteiger partial charge in [-0.3, -0.25) is 4.79 Å². The molecule has 1 saturated heterocycles.